The zero-order chi connectivity index (χ0) is 7.14. The van der Waals surface area contributed by atoms with Crippen LogP contribution in [0.1, 0.15) is 0 Å². The summed E-state index contributed by atoms with van der Waals surface area (Å²) in [5.74, 6) is 0. The zero-order valence-electron chi connectivity index (χ0n) is 6.24. The van der Waals surface area contributed by atoms with Crippen molar-refractivity contribution in [2.24, 2.45) is 0 Å². The molecule has 0 aromatic rings. The van der Waals surface area contributed by atoms with E-state index in [9.17, 15) is 4.79 Å². The molecular formula is C6H11ClN2O2. The number of ether oxygens (including phenoxy) is 1. The normalized spacial score (nSPS) is 34.6. The molecule has 0 aromatic heterocycles. The predicted octanol–water partition coefficient (Wildman–Crippen LogP) is -0.169. The Kier molecular flexibility index (Phi) is 2.25. The molecule has 0 bridgehead atoms. The van der Waals surface area contributed by atoms with Crippen LogP contribution in [-0.2, 0) is 4.74 Å². The minimum Gasteiger partial charge on any atom is -0.442 e. The van der Waals surface area contributed by atoms with Gasteiger partial charge in [0.1, 0.15) is 6.10 Å². The topological polar surface area (TPSA) is 41.6 Å². The highest BCUT2D eigenvalue weighted by Gasteiger charge is 2.42. The summed E-state index contributed by atoms with van der Waals surface area (Å²) in [4.78, 5) is 12.5. The van der Waals surface area contributed by atoms with Crippen LogP contribution in [0.5, 0.6) is 0 Å². The third kappa shape index (κ3) is 1.16. The van der Waals surface area contributed by atoms with Gasteiger partial charge < -0.3 is 15.0 Å². The van der Waals surface area contributed by atoms with Crippen molar-refractivity contribution < 1.29 is 9.53 Å². The van der Waals surface area contributed by atoms with Crippen LogP contribution in [0.2, 0.25) is 0 Å². The van der Waals surface area contributed by atoms with Crippen LogP contribution in [0.3, 0.4) is 0 Å². The van der Waals surface area contributed by atoms with Crippen LogP contribution in [0, 0.1) is 0 Å². The van der Waals surface area contributed by atoms with Crippen LogP contribution in [0.15, 0.2) is 0 Å². The van der Waals surface area contributed by atoms with E-state index in [1.165, 1.54) is 0 Å². The summed E-state index contributed by atoms with van der Waals surface area (Å²) >= 11 is 0. The highest BCUT2D eigenvalue weighted by atomic mass is 35.5. The van der Waals surface area contributed by atoms with Crippen molar-refractivity contribution in [3.05, 3.63) is 0 Å². The molecule has 2 unspecified atom stereocenters. The number of nitrogens with zero attached hydrogens (tertiary/aromatic N) is 1. The highest BCUT2D eigenvalue weighted by molar-refractivity contribution is 5.85. The SMILES string of the molecule is CN1C(=O)OC2CNCC21.Cl. The van der Waals surface area contributed by atoms with Crippen LogP contribution >= 0.6 is 12.4 Å². The van der Waals surface area contributed by atoms with Crippen molar-refractivity contribution in [3.8, 4) is 0 Å². The van der Waals surface area contributed by atoms with Crippen molar-refractivity contribution >= 4 is 18.5 Å². The molecule has 0 spiro atoms. The molecule has 5 heteroatoms. The second-order valence-electron chi connectivity index (χ2n) is 2.76. The van der Waals surface area contributed by atoms with E-state index in [1.807, 2.05) is 0 Å². The third-order valence-corrected chi connectivity index (χ3v) is 2.17. The molecular weight excluding hydrogens is 168 g/mol. The lowest BCUT2D eigenvalue weighted by Crippen LogP contribution is -2.33. The maximum absolute atomic E-state index is 10.9. The number of hydrogen-bond acceptors (Lipinski definition) is 3. The molecule has 0 saturated carbocycles. The fourth-order valence-corrected chi connectivity index (χ4v) is 1.50. The Morgan fingerprint density at radius 2 is 2.36 bits per heavy atom. The van der Waals surface area contributed by atoms with Gasteiger partial charge in [-0.05, 0) is 0 Å². The molecule has 1 amide bonds. The average Bonchev–Trinajstić information content (AvgIpc) is 2.41. The summed E-state index contributed by atoms with van der Waals surface area (Å²) in [6.45, 7) is 1.67. The molecule has 2 fully saturated rings. The molecule has 4 nitrogen and oxygen atoms in total. The predicted molar refractivity (Wildman–Crippen MR) is 41.9 cm³/mol. The second kappa shape index (κ2) is 2.87. The van der Waals surface area contributed by atoms with Gasteiger partial charge in [0.05, 0.1) is 6.04 Å². The monoisotopic (exact) mass is 178 g/mol. The van der Waals surface area contributed by atoms with E-state index >= 15 is 0 Å². The molecule has 11 heavy (non-hydrogen) atoms. The van der Waals surface area contributed by atoms with Gasteiger partial charge in [-0.1, -0.05) is 0 Å². The number of amides is 1. The quantitative estimate of drug-likeness (QED) is 0.560. The molecule has 0 aromatic carbocycles. The lowest BCUT2D eigenvalue weighted by molar-refractivity contribution is 0.136. The third-order valence-electron chi connectivity index (χ3n) is 2.17. The van der Waals surface area contributed by atoms with Crippen LogP contribution in [0.4, 0.5) is 4.79 Å². The zero-order valence-corrected chi connectivity index (χ0v) is 7.06. The molecule has 64 valence electrons. The van der Waals surface area contributed by atoms with Gasteiger partial charge in [0.25, 0.3) is 0 Å². The van der Waals surface area contributed by atoms with E-state index in [-0.39, 0.29) is 30.6 Å². The molecule has 2 rings (SSSR count). The Morgan fingerprint density at radius 3 is 3.00 bits per heavy atom. The number of nitrogens with one attached hydrogen (secondary N) is 1. The number of carbonyl (C=O) groups excluding carboxylic acids is 1. The summed E-state index contributed by atoms with van der Waals surface area (Å²) < 4.78 is 5.02. The Labute approximate surface area is 71.3 Å². The van der Waals surface area contributed by atoms with Gasteiger partial charge in [-0.2, -0.15) is 0 Å². The Balaban J connectivity index is 0.000000605. The van der Waals surface area contributed by atoms with Crippen molar-refractivity contribution in [1.82, 2.24) is 10.2 Å². The van der Waals surface area contributed by atoms with Gasteiger partial charge in [-0.15, -0.1) is 12.4 Å². The van der Waals surface area contributed by atoms with Crippen molar-refractivity contribution in [3.63, 3.8) is 0 Å². The van der Waals surface area contributed by atoms with Crippen molar-refractivity contribution in [2.75, 3.05) is 20.1 Å². The number of halogens is 1. The van der Waals surface area contributed by atoms with E-state index in [4.69, 9.17) is 4.74 Å². The molecule has 0 aliphatic carbocycles. The van der Waals surface area contributed by atoms with Gasteiger partial charge >= 0.3 is 6.09 Å². The minimum absolute atomic E-state index is 0. The van der Waals surface area contributed by atoms with Crippen molar-refractivity contribution in [1.29, 1.82) is 0 Å². The molecule has 2 atom stereocenters. The molecule has 2 aliphatic heterocycles. The number of likely N-dealkylation sites (N-methyl/N-ethyl adjacent to an activating group) is 1. The van der Waals surface area contributed by atoms with Gasteiger partial charge in [0.15, 0.2) is 0 Å². The average molecular weight is 179 g/mol. The number of fused-ring (bicyclic) bond motifs is 1. The summed E-state index contributed by atoms with van der Waals surface area (Å²) in [6.07, 6.45) is -0.0889. The Morgan fingerprint density at radius 1 is 1.64 bits per heavy atom. The number of rotatable bonds is 0. The maximum atomic E-state index is 10.9. The van der Waals surface area contributed by atoms with Crippen LogP contribution in [-0.4, -0.2) is 43.3 Å². The molecule has 0 radical (unpaired) electrons. The summed E-state index contributed by atoms with van der Waals surface area (Å²) in [5, 5.41) is 3.16. The lowest BCUT2D eigenvalue weighted by Gasteiger charge is -2.11. The van der Waals surface area contributed by atoms with Crippen LogP contribution < -0.4 is 5.32 Å². The van der Waals surface area contributed by atoms with Gasteiger partial charge in [-0.3, -0.25) is 0 Å². The van der Waals surface area contributed by atoms with Gasteiger partial charge in [0, 0.05) is 20.1 Å². The van der Waals surface area contributed by atoms with Gasteiger partial charge in [-0.25, -0.2) is 4.79 Å². The Hall–Kier alpha value is -0.480. The number of hydrogen-bond donors (Lipinski definition) is 1. The highest BCUT2D eigenvalue weighted by Crippen LogP contribution is 2.19. The first-order valence-electron chi connectivity index (χ1n) is 3.43. The van der Waals surface area contributed by atoms with Crippen molar-refractivity contribution in [2.45, 2.75) is 12.1 Å². The largest absolute Gasteiger partial charge is 0.442 e. The van der Waals surface area contributed by atoms with E-state index in [1.54, 1.807) is 11.9 Å². The van der Waals surface area contributed by atoms with Crippen LogP contribution in [0.25, 0.3) is 0 Å². The molecule has 2 aliphatic rings. The van der Waals surface area contributed by atoms with E-state index < -0.39 is 0 Å². The van der Waals surface area contributed by atoms with E-state index in [0.29, 0.717) is 0 Å². The van der Waals surface area contributed by atoms with Gasteiger partial charge in [0.2, 0.25) is 0 Å². The second-order valence-corrected chi connectivity index (χ2v) is 2.76. The molecule has 2 saturated heterocycles. The lowest BCUT2D eigenvalue weighted by atomic mass is 10.2. The summed E-state index contributed by atoms with van der Waals surface area (Å²) in [5.41, 5.74) is 0. The summed E-state index contributed by atoms with van der Waals surface area (Å²) in [6, 6.07) is 0.271. The molecule has 1 N–H and O–H groups in total. The fourth-order valence-electron chi connectivity index (χ4n) is 1.50. The smallest absolute Gasteiger partial charge is 0.410 e. The van der Waals surface area contributed by atoms with E-state index in [0.717, 1.165) is 13.1 Å². The minimum atomic E-state index is -0.184. The molecule has 2 heterocycles. The summed E-state index contributed by atoms with van der Waals surface area (Å²) in [7, 11) is 1.78. The number of carbonyl (C=O) groups is 1. The first kappa shape index (κ1) is 8.62. The standard InChI is InChI=1S/C6H10N2O2.ClH/c1-8-4-2-7-3-5(4)10-6(8)9;/h4-5,7H,2-3H2,1H3;1H. The maximum Gasteiger partial charge on any atom is 0.410 e. The first-order chi connectivity index (χ1) is 4.79. The fraction of sp³-hybridized carbons (Fsp3) is 0.833. The van der Waals surface area contributed by atoms with E-state index in [2.05, 4.69) is 5.32 Å². The Bertz CT molecular complexity index is 176. The first-order valence-corrected chi connectivity index (χ1v) is 3.43.